The minimum Gasteiger partial charge on any atom is -0.547 e. The normalized spacial score (nSPS) is 27.9. The zero-order valence-corrected chi connectivity index (χ0v) is 25.0. The van der Waals surface area contributed by atoms with Gasteiger partial charge in [-0.05, 0) is 82.9 Å². The van der Waals surface area contributed by atoms with Crippen molar-refractivity contribution in [2.45, 2.75) is 104 Å². The molecule has 2 aliphatic rings. The summed E-state index contributed by atoms with van der Waals surface area (Å²) in [7, 11) is -5.48. The van der Waals surface area contributed by atoms with E-state index in [1.165, 1.54) is 0 Å². The molecule has 1 aliphatic carbocycles. The number of ether oxygens (including phenoxy) is 1. The number of hydrogen-bond donors (Lipinski definition) is 0. The van der Waals surface area contributed by atoms with E-state index in [-0.39, 0.29) is 29.1 Å². The summed E-state index contributed by atoms with van der Waals surface area (Å²) in [6.07, 6.45) is 9.55. The van der Waals surface area contributed by atoms with Crippen LogP contribution in [0, 0.1) is 11.8 Å². The summed E-state index contributed by atoms with van der Waals surface area (Å²) in [5, 5.41) is 0.163. The lowest BCUT2D eigenvalue weighted by Gasteiger charge is -2.48. The molecule has 178 valence electrons. The summed E-state index contributed by atoms with van der Waals surface area (Å²) in [5.74, 6) is 2.03. The summed E-state index contributed by atoms with van der Waals surface area (Å²) in [6, 6.07) is 0. The molecular weight excluding hydrogens is 437 g/mol. The Balaban J connectivity index is 2.51. The highest BCUT2D eigenvalue weighted by Gasteiger charge is 2.48. The number of fused-ring (bicyclic) bond motifs is 1. The number of hydrogen-bond acceptors (Lipinski definition) is 4. The van der Waals surface area contributed by atoms with Gasteiger partial charge in [0.2, 0.25) is 16.6 Å². The van der Waals surface area contributed by atoms with E-state index in [0.717, 1.165) is 12.2 Å². The highest BCUT2D eigenvalue weighted by atomic mass is 28.4. The average Bonchev–Trinajstić information content (AvgIpc) is 2.53. The summed E-state index contributed by atoms with van der Waals surface area (Å²) in [5.41, 5.74) is 0. The van der Waals surface area contributed by atoms with Gasteiger partial charge in [0.15, 0.2) is 8.32 Å². The lowest BCUT2D eigenvalue weighted by Crippen LogP contribution is -2.51. The molecule has 0 saturated heterocycles. The van der Waals surface area contributed by atoms with E-state index in [9.17, 15) is 0 Å². The molecule has 0 amide bonds. The Morgan fingerprint density at radius 3 is 2.03 bits per heavy atom. The van der Waals surface area contributed by atoms with E-state index in [0.29, 0.717) is 5.95 Å². The minimum atomic E-state index is -1.93. The Bertz CT molecular complexity index is 721. The van der Waals surface area contributed by atoms with Gasteiger partial charge in [-0.15, -0.1) is 0 Å². The van der Waals surface area contributed by atoms with E-state index in [2.05, 4.69) is 97.5 Å². The Morgan fingerprint density at radius 1 is 0.968 bits per heavy atom. The molecule has 0 aromatic carbocycles. The van der Waals surface area contributed by atoms with Crippen molar-refractivity contribution in [2.75, 3.05) is 0 Å². The lowest BCUT2D eigenvalue weighted by atomic mass is 9.76. The van der Waals surface area contributed by atoms with Crippen LogP contribution in [0.15, 0.2) is 36.0 Å². The fourth-order valence-corrected chi connectivity index (χ4v) is 6.81. The quantitative estimate of drug-likeness (QED) is 0.279. The Labute approximate surface area is 194 Å². The van der Waals surface area contributed by atoms with Crippen LogP contribution in [0.4, 0.5) is 0 Å². The molecule has 0 fully saturated rings. The van der Waals surface area contributed by atoms with Crippen LogP contribution in [-0.4, -0.2) is 37.2 Å². The van der Waals surface area contributed by atoms with Crippen LogP contribution in [0.5, 0.6) is 0 Å². The number of allylic oxidation sites excluding steroid dienone is 1. The van der Waals surface area contributed by atoms with E-state index in [1.54, 1.807) is 0 Å². The highest BCUT2D eigenvalue weighted by molar-refractivity contribution is 6.74. The van der Waals surface area contributed by atoms with Gasteiger partial charge in [-0.2, -0.15) is 0 Å². The minimum absolute atomic E-state index is 0.108. The summed E-state index contributed by atoms with van der Waals surface area (Å²) < 4.78 is 26.3. The standard InChI is InChI=1S/C24H46O4Si3/c1-13-14-20-23-18(17-22(25-20)28-30(8,9)10)19(27-31(11,12)24(2,3)4)15-16-21(23)26-29(5,6)7/h13-14,16-20,23H,15H2,1-12H3/b14-13+/t18-,19-,20+,23-/m0/s1. The van der Waals surface area contributed by atoms with Crippen LogP contribution in [0.3, 0.4) is 0 Å². The molecule has 0 N–H and O–H groups in total. The molecule has 1 heterocycles. The van der Waals surface area contributed by atoms with E-state index >= 15 is 0 Å². The zero-order chi connectivity index (χ0) is 23.8. The Morgan fingerprint density at radius 2 is 1.55 bits per heavy atom. The molecule has 0 radical (unpaired) electrons. The Hall–Kier alpha value is -0.769. The maximum atomic E-state index is 6.98. The summed E-state index contributed by atoms with van der Waals surface area (Å²) in [6.45, 7) is 26.9. The first-order valence-electron chi connectivity index (χ1n) is 11.7. The van der Waals surface area contributed by atoms with Crippen LogP contribution in [0.2, 0.25) is 57.4 Å². The van der Waals surface area contributed by atoms with E-state index < -0.39 is 25.0 Å². The first-order chi connectivity index (χ1) is 13.9. The first kappa shape index (κ1) is 26.5. The molecule has 0 spiro atoms. The molecule has 2 rings (SSSR count). The van der Waals surface area contributed by atoms with Gasteiger partial charge in [0.05, 0.1) is 17.8 Å². The largest absolute Gasteiger partial charge is 0.547 e. The van der Waals surface area contributed by atoms with Gasteiger partial charge in [-0.25, -0.2) is 0 Å². The van der Waals surface area contributed by atoms with Gasteiger partial charge in [0.25, 0.3) is 5.95 Å². The van der Waals surface area contributed by atoms with Crippen molar-refractivity contribution in [2.24, 2.45) is 11.8 Å². The van der Waals surface area contributed by atoms with Crippen molar-refractivity contribution in [3.05, 3.63) is 36.0 Å². The monoisotopic (exact) mass is 482 g/mol. The maximum absolute atomic E-state index is 6.98. The van der Waals surface area contributed by atoms with Gasteiger partial charge in [0, 0.05) is 12.0 Å². The molecule has 7 heteroatoms. The second-order valence-electron chi connectivity index (χ2n) is 12.4. The predicted molar refractivity (Wildman–Crippen MR) is 138 cm³/mol. The molecular formula is C24H46O4Si3. The van der Waals surface area contributed by atoms with Gasteiger partial charge >= 0.3 is 0 Å². The van der Waals surface area contributed by atoms with Crippen molar-refractivity contribution in [3.63, 3.8) is 0 Å². The van der Waals surface area contributed by atoms with Crippen LogP contribution >= 0.6 is 0 Å². The van der Waals surface area contributed by atoms with Crippen molar-refractivity contribution in [1.29, 1.82) is 0 Å². The molecule has 1 aliphatic heterocycles. The second kappa shape index (κ2) is 9.23. The third-order valence-corrected chi connectivity index (χ3v) is 12.3. The molecule has 4 atom stereocenters. The molecule has 4 nitrogen and oxygen atoms in total. The van der Waals surface area contributed by atoms with Crippen LogP contribution in [0.1, 0.15) is 34.1 Å². The molecule has 0 aromatic rings. The zero-order valence-electron chi connectivity index (χ0n) is 22.0. The van der Waals surface area contributed by atoms with Gasteiger partial charge in [-0.3, -0.25) is 0 Å². The SMILES string of the molecule is C/C=C/[C@H]1OC(O[Si](C)(C)C)=C[C@@H]2[C@@H]1C(O[Si](C)(C)C)=CC[C@@H]2O[Si](C)(C)C(C)(C)C. The molecule has 0 bridgehead atoms. The molecule has 0 unspecified atom stereocenters. The van der Waals surface area contributed by atoms with Crippen molar-refractivity contribution in [1.82, 2.24) is 0 Å². The summed E-state index contributed by atoms with van der Waals surface area (Å²) in [4.78, 5) is 0. The lowest BCUT2D eigenvalue weighted by molar-refractivity contribution is -0.0317. The average molecular weight is 483 g/mol. The topological polar surface area (TPSA) is 36.9 Å². The molecule has 31 heavy (non-hydrogen) atoms. The fraction of sp³-hybridized carbons (Fsp3) is 0.750. The van der Waals surface area contributed by atoms with Crippen molar-refractivity contribution < 1.29 is 18.0 Å². The van der Waals surface area contributed by atoms with Crippen LogP contribution in [-0.2, 0) is 18.0 Å². The highest BCUT2D eigenvalue weighted by Crippen LogP contribution is 2.46. The predicted octanol–water partition coefficient (Wildman–Crippen LogP) is 7.42. The molecule has 0 saturated carbocycles. The summed E-state index contributed by atoms with van der Waals surface area (Å²) >= 11 is 0. The van der Waals surface area contributed by atoms with Gasteiger partial charge in [-0.1, -0.05) is 26.8 Å². The number of rotatable bonds is 7. The van der Waals surface area contributed by atoms with E-state index in [1.807, 2.05) is 6.92 Å². The van der Waals surface area contributed by atoms with Gasteiger partial charge in [0.1, 0.15) is 6.10 Å². The van der Waals surface area contributed by atoms with Crippen molar-refractivity contribution in [3.8, 4) is 0 Å². The van der Waals surface area contributed by atoms with Gasteiger partial charge < -0.3 is 18.0 Å². The smallest absolute Gasteiger partial charge is 0.262 e. The van der Waals surface area contributed by atoms with E-state index in [4.69, 9.17) is 18.0 Å². The van der Waals surface area contributed by atoms with Crippen LogP contribution in [0.25, 0.3) is 0 Å². The maximum Gasteiger partial charge on any atom is 0.262 e. The first-order valence-corrected chi connectivity index (χ1v) is 21.4. The van der Waals surface area contributed by atoms with Crippen molar-refractivity contribution >= 4 is 25.0 Å². The fourth-order valence-electron chi connectivity index (χ4n) is 3.80. The Kier molecular flexibility index (Phi) is 7.89. The third-order valence-electron chi connectivity index (χ3n) is 6.12. The van der Waals surface area contributed by atoms with Crippen LogP contribution < -0.4 is 0 Å². The third kappa shape index (κ3) is 7.11. The second-order valence-corrected chi connectivity index (χ2v) is 26.0. The molecule has 0 aromatic heterocycles.